The van der Waals surface area contributed by atoms with Gasteiger partial charge in [0.15, 0.2) is 5.60 Å². The second-order valence-corrected chi connectivity index (χ2v) is 23.3. The number of hydrogen-bond acceptors (Lipinski definition) is 2. The summed E-state index contributed by atoms with van der Waals surface area (Å²) in [6.45, 7) is 60.4. The van der Waals surface area contributed by atoms with Crippen molar-refractivity contribution in [1.82, 2.24) is 0 Å². The molecule has 12 aromatic carbocycles. The summed E-state index contributed by atoms with van der Waals surface area (Å²) in [7, 11) is 0. The maximum atomic E-state index is 12.4. The van der Waals surface area contributed by atoms with Crippen molar-refractivity contribution in [2.45, 2.75) is 263 Å². The van der Waals surface area contributed by atoms with Crippen molar-refractivity contribution in [3.05, 3.63) is 433 Å². The molecular formula is C112H168O2. The average Bonchev–Trinajstić information content (AvgIpc) is 1.59. The summed E-state index contributed by atoms with van der Waals surface area (Å²) in [5, 5.41) is 0. The molecule has 628 valence electrons. The maximum absolute atomic E-state index is 12.4. The summed E-state index contributed by atoms with van der Waals surface area (Å²) < 4.78 is 5.95. The summed E-state index contributed by atoms with van der Waals surface area (Å²) in [6.07, 6.45) is 7.43. The van der Waals surface area contributed by atoms with Crippen LogP contribution in [0.25, 0.3) is 0 Å². The van der Waals surface area contributed by atoms with Crippen LogP contribution in [0.2, 0.25) is 0 Å². The molecule has 1 aliphatic carbocycles. The molecule has 12 aromatic rings. The summed E-state index contributed by atoms with van der Waals surface area (Å²) in [5.41, 5.74) is 7.45. The molecule has 1 heterocycles. The number of ether oxygens (including phenoxy) is 1. The first-order chi connectivity index (χ1) is 55.4. The minimum absolute atomic E-state index is 0. The van der Waals surface area contributed by atoms with Crippen LogP contribution in [0.4, 0.5) is 0 Å². The maximum Gasteiger partial charge on any atom is 0.340 e. The number of benzene rings is 12. The number of cyclic esters (lactones) is 1. The molecule has 2 aliphatic rings. The van der Waals surface area contributed by atoms with E-state index in [4.69, 9.17) is 4.74 Å². The van der Waals surface area contributed by atoms with E-state index in [9.17, 15) is 4.79 Å². The smallest absolute Gasteiger partial charge is 0.340 e. The Hall–Kier alpha value is -9.89. The van der Waals surface area contributed by atoms with Crippen LogP contribution in [0.3, 0.4) is 0 Å². The number of fused-ring (bicyclic) bond motifs is 2. The van der Waals surface area contributed by atoms with Crippen molar-refractivity contribution in [3.8, 4) is 0 Å². The van der Waals surface area contributed by atoms with Gasteiger partial charge in [-0.2, -0.15) is 0 Å². The molecule has 2 nitrogen and oxygen atoms in total. The molecule has 0 saturated carbocycles. The molecule has 0 N–H and O–H groups in total. The van der Waals surface area contributed by atoms with E-state index < -0.39 is 5.60 Å². The second kappa shape index (κ2) is 99.2. The van der Waals surface area contributed by atoms with E-state index in [2.05, 4.69) is 145 Å². The Kier molecular flexibility index (Phi) is 106. The SMILES string of the molecule is C.CC.CC.CC.CC.CC.CC.CC.CC.CC1(C)CC(C)(c2ccccc2)c2ccccc21.CCC.CCC.CCC.CCC.CCC.O=C1OC(c2ccccc2)(c2ccccc2)c2ccccc21.c1ccccc1.c1ccccc1.c1ccccc1.c1ccccc1.c1ccccc1.c1ccccc1.c1ccccc1. The van der Waals surface area contributed by atoms with Crippen LogP contribution in [0, 0.1) is 0 Å². The first-order valence-electron chi connectivity index (χ1n) is 43.0. The predicted molar refractivity (Wildman–Crippen MR) is 524 cm³/mol. The number of carbonyl (C=O) groups is 1. The van der Waals surface area contributed by atoms with E-state index in [-0.39, 0.29) is 24.2 Å². The van der Waals surface area contributed by atoms with Gasteiger partial charge in [0.1, 0.15) is 0 Å². The quantitative estimate of drug-likeness (QED) is 0.165. The van der Waals surface area contributed by atoms with Gasteiger partial charge in [-0.3, -0.25) is 0 Å². The molecule has 14 rings (SSSR count). The third-order valence-corrected chi connectivity index (χ3v) is 13.3. The highest BCUT2D eigenvalue weighted by molar-refractivity contribution is 5.96. The highest BCUT2D eigenvalue weighted by Gasteiger charge is 2.48. The van der Waals surface area contributed by atoms with Crippen LogP contribution < -0.4 is 0 Å². The summed E-state index contributed by atoms with van der Waals surface area (Å²) in [5.74, 6) is -0.275. The Labute approximate surface area is 707 Å². The van der Waals surface area contributed by atoms with Crippen LogP contribution in [-0.2, 0) is 21.2 Å². The van der Waals surface area contributed by atoms with Crippen LogP contribution in [0.5, 0.6) is 0 Å². The Balaban J connectivity index is -0.000000155. The van der Waals surface area contributed by atoms with E-state index in [1.54, 1.807) is 0 Å². The fourth-order valence-corrected chi connectivity index (χ4v) is 9.54. The van der Waals surface area contributed by atoms with Gasteiger partial charge in [-0.05, 0) is 34.6 Å². The van der Waals surface area contributed by atoms with E-state index in [1.165, 1.54) is 55.2 Å². The molecule has 1 aliphatic heterocycles. The highest BCUT2D eigenvalue weighted by atomic mass is 16.6. The standard InChI is InChI=1S/C20H14O2.C18H20.7C6H6.5C3H8.8C2H6.CH4/c21-19-17-13-7-8-14-18(17)20(22-19,15-9-3-1-4-10-15)16-11-5-2-6-12-16;1-17(2)13-18(3,14-9-5-4-6-10-14)16-12-8-7-11-15(16)17;7*1-2-4-6-5-3-1;5*1-3-2;8*1-2;/h1-14H;4-12H,13H2,1-3H3;7*1-6H;5*3H2,1-2H3;8*1-2H3;1H4. The van der Waals surface area contributed by atoms with Crippen molar-refractivity contribution >= 4 is 5.97 Å². The average molecular weight is 1550 g/mol. The third-order valence-electron chi connectivity index (χ3n) is 13.3. The zero-order valence-corrected chi connectivity index (χ0v) is 77.1. The lowest BCUT2D eigenvalue weighted by Crippen LogP contribution is -2.29. The molecule has 0 fully saturated rings. The van der Waals surface area contributed by atoms with Crippen molar-refractivity contribution in [1.29, 1.82) is 0 Å². The molecule has 0 aromatic heterocycles. The van der Waals surface area contributed by atoms with Crippen LogP contribution in [0.15, 0.2) is 394 Å². The van der Waals surface area contributed by atoms with E-state index in [0.717, 1.165) is 16.7 Å². The minimum atomic E-state index is -0.865. The van der Waals surface area contributed by atoms with Crippen LogP contribution >= 0.6 is 0 Å². The largest absolute Gasteiger partial charge is 0.441 e. The zero-order chi connectivity index (χ0) is 87.0. The molecule has 0 bridgehead atoms. The normalized spacial score (nSPS) is 11.0. The lowest BCUT2D eigenvalue weighted by molar-refractivity contribution is 0.0251. The summed E-state index contributed by atoms with van der Waals surface area (Å²) in [6, 6.07) is 131. The molecule has 0 amide bonds. The molecule has 1 atom stereocenters. The lowest BCUT2D eigenvalue weighted by atomic mass is 9.75. The van der Waals surface area contributed by atoms with Gasteiger partial charge in [0.2, 0.25) is 0 Å². The molecule has 0 saturated heterocycles. The van der Waals surface area contributed by atoms with Crippen LogP contribution in [0.1, 0.15) is 290 Å². The molecule has 2 heteroatoms. The Morgan fingerprint density at radius 3 is 0.570 bits per heavy atom. The van der Waals surface area contributed by atoms with Gasteiger partial charge in [0, 0.05) is 22.1 Å². The molecule has 1 unspecified atom stereocenters. The predicted octanol–water partition coefficient (Wildman–Crippen LogP) is 36.6. The van der Waals surface area contributed by atoms with E-state index >= 15 is 0 Å². The fourth-order valence-electron chi connectivity index (χ4n) is 9.54. The van der Waals surface area contributed by atoms with Crippen LogP contribution in [-0.4, -0.2) is 5.97 Å². The Morgan fingerprint density at radius 2 is 0.368 bits per heavy atom. The van der Waals surface area contributed by atoms with Gasteiger partial charge < -0.3 is 4.74 Å². The van der Waals surface area contributed by atoms with Gasteiger partial charge in [-0.15, -0.1) is 0 Å². The number of esters is 1. The zero-order valence-electron chi connectivity index (χ0n) is 77.1. The van der Waals surface area contributed by atoms with Crippen molar-refractivity contribution in [3.63, 3.8) is 0 Å². The molecule has 0 radical (unpaired) electrons. The monoisotopic (exact) mass is 1550 g/mol. The summed E-state index contributed by atoms with van der Waals surface area (Å²) >= 11 is 0. The van der Waals surface area contributed by atoms with E-state index in [0.29, 0.717) is 5.56 Å². The van der Waals surface area contributed by atoms with Gasteiger partial charge in [0.05, 0.1) is 5.56 Å². The van der Waals surface area contributed by atoms with Crippen molar-refractivity contribution < 1.29 is 9.53 Å². The topological polar surface area (TPSA) is 26.3 Å². The molecule has 0 spiro atoms. The number of carbonyl (C=O) groups excluding carboxylic acids is 1. The lowest BCUT2D eigenvalue weighted by Gasteiger charge is -2.30. The van der Waals surface area contributed by atoms with Crippen molar-refractivity contribution in [2.24, 2.45) is 0 Å². The number of rotatable bonds is 3. The Morgan fingerprint density at radius 1 is 0.219 bits per heavy atom. The first kappa shape index (κ1) is 122. The van der Waals surface area contributed by atoms with Gasteiger partial charge >= 0.3 is 5.97 Å². The minimum Gasteiger partial charge on any atom is -0.441 e. The number of hydrogen-bond donors (Lipinski definition) is 0. The van der Waals surface area contributed by atoms with Gasteiger partial charge in [-0.25, -0.2) is 4.79 Å². The molecule has 114 heavy (non-hydrogen) atoms. The van der Waals surface area contributed by atoms with Gasteiger partial charge in [0.25, 0.3) is 0 Å². The van der Waals surface area contributed by atoms with Crippen molar-refractivity contribution in [2.75, 3.05) is 0 Å². The van der Waals surface area contributed by atoms with Gasteiger partial charge in [-0.1, -0.05) is 629 Å². The fraction of sp³-hybridized carbons (Fsp3) is 0.348. The molecular weight excluding hydrogens is 1380 g/mol. The second-order valence-electron chi connectivity index (χ2n) is 23.3. The third kappa shape index (κ3) is 62.6. The summed E-state index contributed by atoms with van der Waals surface area (Å²) in [4.78, 5) is 12.4. The highest BCUT2D eigenvalue weighted by Crippen LogP contribution is 2.52. The first-order valence-corrected chi connectivity index (χ1v) is 43.0. The Bertz CT molecular complexity index is 2970. The van der Waals surface area contributed by atoms with E-state index in [1.807, 2.05) is 450 Å².